The molecule has 1 atom stereocenters. The van der Waals surface area contributed by atoms with Gasteiger partial charge in [0, 0.05) is 4.47 Å². The number of anilines is 1. The molecule has 0 fully saturated rings. The van der Waals surface area contributed by atoms with Gasteiger partial charge < -0.3 is 5.32 Å². The predicted octanol–water partition coefficient (Wildman–Crippen LogP) is 3.60. The van der Waals surface area contributed by atoms with Gasteiger partial charge in [-0.1, -0.05) is 13.3 Å². The van der Waals surface area contributed by atoms with Gasteiger partial charge in [0.2, 0.25) is 5.91 Å². The molecule has 1 aliphatic heterocycles. The summed E-state index contributed by atoms with van der Waals surface area (Å²) in [4.78, 5) is 12.0. The van der Waals surface area contributed by atoms with Crippen LogP contribution in [0.15, 0.2) is 16.6 Å². The fourth-order valence-corrected chi connectivity index (χ4v) is 2.79. The van der Waals surface area contributed by atoms with Crippen molar-refractivity contribution >= 4 is 27.5 Å². The number of rotatable bonds is 2. The largest absolute Gasteiger partial charge is 0.324 e. The Morgan fingerprint density at radius 2 is 2.19 bits per heavy atom. The normalized spacial score (nSPS) is 23.1. The molecular weight excluding hydrogens is 273 g/mol. The second-order valence-electron chi connectivity index (χ2n) is 4.35. The Hall–Kier alpha value is -0.900. The zero-order valence-electron chi connectivity index (χ0n) is 9.23. The minimum atomic E-state index is -0.602. The van der Waals surface area contributed by atoms with E-state index in [4.69, 9.17) is 0 Å². The molecule has 2 rings (SSSR count). The third kappa shape index (κ3) is 1.56. The highest BCUT2D eigenvalue weighted by atomic mass is 79.9. The van der Waals surface area contributed by atoms with Crippen LogP contribution in [0.3, 0.4) is 0 Å². The number of hydrogen-bond acceptors (Lipinski definition) is 1. The molecule has 0 aromatic heterocycles. The van der Waals surface area contributed by atoms with Crippen LogP contribution in [0.1, 0.15) is 32.3 Å². The van der Waals surface area contributed by atoms with Gasteiger partial charge in [0.25, 0.3) is 0 Å². The highest BCUT2D eigenvalue weighted by molar-refractivity contribution is 9.10. The van der Waals surface area contributed by atoms with Gasteiger partial charge in [0.1, 0.15) is 5.82 Å². The average Bonchev–Trinajstić information content (AvgIpc) is 2.43. The van der Waals surface area contributed by atoms with Crippen molar-refractivity contribution in [3.05, 3.63) is 28.0 Å². The van der Waals surface area contributed by atoms with Gasteiger partial charge in [-0.15, -0.1) is 0 Å². The molecule has 1 aromatic carbocycles. The van der Waals surface area contributed by atoms with E-state index >= 15 is 0 Å². The molecule has 4 heteroatoms. The van der Waals surface area contributed by atoms with Crippen molar-refractivity contribution in [2.45, 2.75) is 32.1 Å². The van der Waals surface area contributed by atoms with Crippen LogP contribution in [0, 0.1) is 5.82 Å². The minimum absolute atomic E-state index is 0.0457. The van der Waals surface area contributed by atoms with Crippen molar-refractivity contribution in [3.8, 4) is 0 Å². The van der Waals surface area contributed by atoms with Gasteiger partial charge in [0.15, 0.2) is 0 Å². The third-order valence-corrected chi connectivity index (χ3v) is 3.76. The van der Waals surface area contributed by atoms with Gasteiger partial charge in [0.05, 0.1) is 11.1 Å². The summed E-state index contributed by atoms with van der Waals surface area (Å²) in [5.74, 6) is -0.361. The van der Waals surface area contributed by atoms with Crippen molar-refractivity contribution in [1.82, 2.24) is 0 Å². The van der Waals surface area contributed by atoms with Crippen LogP contribution in [0.4, 0.5) is 10.1 Å². The minimum Gasteiger partial charge on any atom is -0.324 e. The molecule has 1 unspecified atom stereocenters. The molecule has 1 heterocycles. The summed E-state index contributed by atoms with van der Waals surface area (Å²) in [5.41, 5.74) is 0.864. The molecule has 0 bridgehead atoms. The predicted molar refractivity (Wildman–Crippen MR) is 65.0 cm³/mol. The molecule has 1 amide bonds. The molecule has 86 valence electrons. The van der Waals surface area contributed by atoms with Crippen LogP contribution in [0.2, 0.25) is 0 Å². The van der Waals surface area contributed by atoms with E-state index in [1.54, 1.807) is 0 Å². The summed E-state index contributed by atoms with van der Waals surface area (Å²) in [5, 5.41) is 2.82. The van der Waals surface area contributed by atoms with Crippen molar-refractivity contribution in [3.63, 3.8) is 0 Å². The molecule has 0 saturated carbocycles. The molecule has 0 radical (unpaired) electrons. The molecule has 1 N–H and O–H groups in total. The molecule has 0 aliphatic carbocycles. The number of carbonyl (C=O) groups excluding carboxylic acids is 1. The Kier molecular flexibility index (Phi) is 2.78. The van der Waals surface area contributed by atoms with Gasteiger partial charge in [-0.05, 0) is 47.0 Å². The van der Waals surface area contributed by atoms with E-state index in [0.717, 1.165) is 18.4 Å². The van der Waals surface area contributed by atoms with Crippen molar-refractivity contribution < 1.29 is 9.18 Å². The fourth-order valence-electron chi connectivity index (χ4n) is 2.26. The third-order valence-electron chi connectivity index (χ3n) is 3.14. The van der Waals surface area contributed by atoms with Crippen LogP contribution in [0.25, 0.3) is 0 Å². The molecule has 16 heavy (non-hydrogen) atoms. The highest BCUT2D eigenvalue weighted by Gasteiger charge is 2.42. The van der Waals surface area contributed by atoms with Crippen molar-refractivity contribution in [2.75, 3.05) is 5.32 Å². The lowest BCUT2D eigenvalue weighted by Gasteiger charge is -2.21. The topological polar surface area (TPSA) is 29.1 Å². The lowest BCUT2D eigenvalue weighted by Crippen LogP contribution is -2.30. The van der Waals surface area contributed by atoms with Gasteiger partial charge in [-0.3, -0.25) is 4.79 Å². The zero-order valence-corrected chi connectivity index (χ0v) is 10.8. The van der Waals surface area contributed by atoms with E-state index in [0.29, 0.717) is 10.2 Å². The average molecular weight is 286 g/mol. The Bertz CT molecular complexity index is 461. The summed E-state index contributed by atoms with van der Waals surface area (Å²) in [6.07, 6.45) is 1.61. The van der Waals surface area contributed by atoms with E-state index in [1.165, 1.54) is 12.1 Å². The van der Waals surface area contributed by atoms with Crippen LogP contribution < -0.4 is 5.32 Å². The first-order chi connectivity index (χ1) is 7.49. The van der Waals surface area contributed by atoms with Crippen molar-refractivity contribution in [2.24, 2.45) is 0 Å². The number of hydrogen-bond donors (Lipinski definition) is 1. The van der Waals surface area contributed by atoms with E-state index in [9.17, 15) is 9.18 Å². The Morgan fingerprint density at radius 1 is 1.50 bits per heavy atom. The van der Waals surface area contributed by atoms with Gasteiger partial charge in [-0.25, -0.2) is 4.39 Å². The number of benzene rings is 1. The standard InChI is InChI=1S/C12H13BrFNO/c1-3-4-12(2)8-5-7(14)6-9(13)10(8)15-11(12)16/h5-6H,3-4H2,1-2H3,(H,15,16). The quantitative estimate of drug-likeness (QED) is 0.884. The van der Waals surface area contributed by atoms with Gasteiger partial charge in [-0.2, -0.15) is 0 Å². The Morgan fingerprint density at radius 3 is 2.81 bits per heavy atom. The molecule has 2 nitrogen and oxygen atoms in total. The second kappa shape index (κ2) is 3.84. The van der Waals surface area contributed by atoms with Crippen molar-refractivity contribution in [1.29, 1.82) is 0 Å². The number of halogens is 2. The molecule has 1 aliphatic rings. The second-order valence-corrected chi connectivity index (χ2v) is 5.20. The summed E-state index contributed by atoms with van der Waals surface area (Å²) in [7, 11) is 0. The number of fused-ring (bicyclic) bond motifs is 1. The van der Waals surface area contributed by atoms with Gasteiger partial charge >= 0.3 is 0 Å². The SMILES string of the molecule is CCCC1(C)C(=O)Nc2c(Br)cc(F)cc21. The monoisotopic (exact) mass is 285 g/mol. The molecule has 1 aromatic rings. The van der Waals surface area contributed by atoms with Crippen LogP contribution in [-0.4, -0.2) is 5.91 Å². The number of nitrogens with one attached hydrogen (secondary N) is 1. The number of amides is 1. The summed E-state index contributed by atoms with van der Waals surface area (Å²) in [6.45, 7) is 3.88. The van der Waals surface area contributed by atoms with E-state index in [2.05, 4.69) is 21.2 Å². The van der Waals surface area contributed by atoms with E-state index < -0.39 is 5.41 Å². The fraction of sp³-hybridized carbons (Fsp3) is 0.417. The van der Waals surface area contributed by atoms with E-state index in [-0.39, 0.29) is 11.7 Å². The maximum atomic E-state index is 13.4. The summed E-state index contributed by atoms with van der Waals surface area (Å²) < 4.78 is 14.0. The summed E-state index contributed by atoms with van der Waals surface area (Å²) >= 11 is 3.27. The maximum absolute atomic E-state index is 13.4. The van der Waals surface area contributed by atoms with E-state index in [1.807, 2.05) is 13.8 Å². The first-order valence-electron chi connectivity index (χ1n) is 5.30. The lowest BCUT2D eigenvalue weighted by atomic mass is 9.80. The first-order valence-corrected chi connectivity index (χ1v) is 6.09. The van der Waals surface area contributed by atoms with Crippen LogP contribution in [-0.2, 0) is 10.2 Å². The van der Waals surface area contributed by atoms with Crippen LogP contribution in [0.5, 0.6) is 0 Å². The number of carbonyl (C=O) groups is 1. The maximum Gasteiger partial charge on any atom is 0.234 e. The van der Waals surface area contributed by atoms with Crippen LogP contribution >= 0.6 is 15.9 Å². The smallest absolute Gasteiger partial charge is 0.234 e. The zero-order chi connectivity index (χ0) is 11.9. The Balaban J connectivity index is 2.60. The molecule has 0 saturated heterocycles. The summed E-state index contributed by atoms with van der Waals surface area (Å²) in [6, 6.07) is 2.82. The Labute approximate surface area is 102 Å². The molecular formula is C12H13BrFNO. The highest BCUT2D eigenvalue weighted by Crippen LogP contribution is 2.44. The lowest BCUT2D eigenvalue weighted by molar-refractivity contribution is -0.120. The molecule has 0 spiro atoms. The first kappa shape index (κ1) is 11.6.